The molecule has 16 heavy (non-hydrogen) atoms. The molecule has 0 spiro atoms. The fourth-order valence-electron chi connectivity index (χ4n) is 1.01. The van der Waals surface area contributed by atoms with E-state index in [4.69, 9.17) is 5.73 Å². The first-order valence-electron chi connectivity index (χ1n) is 5.05. The topological polar surface area (TPSA) is 71.2 Å². The van der Waals surface area contributed by atoms with Gasteiger partial charge in [-0.15, -0.1) is 0 Å². The number of nitrogens with one attached hydrogen (secondary N) is 1. The molecule has 0 saturated carbocycles. The summed E-state index contributed by atoms with van der Waals surface area (Å²) in [5.74, 6) is 0.579. The van der Waals surface area contributed by atoms with Crippen molar-refractivity contribution in [3.05, 3.63) is 16.7 Å². The number of nitrogen functional groups attached to an aromatic ring is 1. The molecule has 0 aliphatic rings. The number of halogens is 1. The lowest BCUT2D eigenvalue weighted by Gasteiger charge is -2.38. The van der Waals surface area contributed by atoms with Crippen LogP contribution in [0.25, 0.3) is 0 Å². The van der Waals surface area contributed by atoms with Crippen molar-refractivity contribution in [1.29, 1.82) is 0 Å². The second-order valence-electron chi connectivity index (χ2n) is 4.90. The lowest BCUT2D eigenvalue weighted by molar-refractivity contribution is 0.0239. The largest absolute Gasteiger partial charge is 0.396 e. The molecule has 1 heterocycles. The molecule has 4 N–H and O–H groups in total. The monoisotopic (exact) mass is 287 g/mol. The minimum atomic E-state index is -0.881. The highest BCUT2D eigenvalue weighted by molar-refractivity contribution is 9.10. The van der Waals surface area contributed by atoms with Crippen molar-refractivity contribution >= 4 is 27.4 Å². The van der Waals surface area contributed by atoms with Crippen LogP contribution in [0.4, 0.5) is 11.5 Å². The molecule has 0 saturated heterocycles. The second kappa shape index (κ2) is 4.22. The van der Waals surface area contributed by atoms with Crippen LogP contribution in [0.3, 0.4) is 0 Å². The first-order chi connectivity index (χ1) is 7.13. The molecular weight excluding hydrogens is 270 g/mol. The smallest absolute Gasteiger partial charge is 0.149 e. The van der Waals surface area contributed by atoms with E-state index in [1.165, 1.54) is 0 Å². The summed E-state index contributed by atoms with van der Waals surface area (Å²) >= 11 is 3.30. The van der Waals surface area contributed by atoms with Crippen LogP contribution in [0.15, 0.2) is 16.7 Å². The van der Waals surface area contributed by atoms with Gasteiger partial charge in [0.1, 0.15) is 5.82 Å². The molecule has 0 amide bonds. The van der Waals surface area contributed by atoms with Gasteiger partial charge >= 0.3 is 0 Å². The highest BCUT2D eigenvalue weighted by atomic mass is 79.9. The number of nitrogens with two attached hydrogens (primary N) is 1. The third kappa shape index (κ3) is 2.86. The Morgan fingerprint density at radius 2 is 1.94 bits per heavy atom. The first-order valence-corrected chi connectivity index (χ1v) is 5.84. The van der Waals surface area contributed by atoms with Crippen LogP contribution in [0, 0.1) is 0 Å². The van der Waals surface area contributed by atoms with E-state index in [2.05, 4.69) is 26.2 Å². The van der Waals surface area contributed by atoms with Crippen LogP contribution < -0.4 is 11.1 Å². The van der Waals surface area contributed by atoms with Crippen LogP contribution in [-0.2, 0) is 0 Å². The third-order valence-electron chi connectivity index (χ3n) is 2.84. The van der Waals surface area contributed by atoms with Gasteiger partial charge < -0.3 is 16.2 Å². The van der Waals surface area contributed by atoms with Gasteiger partial charge in [0, 0.05) is 10.7 Å². The van der Waals surface area contributed by atoms with E-state index in [-0.39, 0.29) is 0 Å². The van der Waals surface area contributed by atoms with Crippen molar-refractivity contribution in [3.63, 3.8) is 0 Å². The zero-order chi connectivity index (χ0) is 12.6. The van der Waals surface area contributed by atoms with Crippen LogP contribution in [0.2, 0.25) is 0 Å². The standard InChI is InChI=1S/C11H18BrN3O/c1-10(2,11(3,4)16)15-9-8(13)5-7(12)6-14-9/h5-6,16H,13H2,1-4H3,(H,14,15). The maximum atomic E-state index is 10.0. The molecule has 0 fully saturated rings. The van der Waals surface area contributed by atoms with Crippen molar-refractivity contribution in [3.8, 4) is 0 Å². The van der Waals surface area contributed by atoms with Gasteiger partial charge in [-0.1, -0.05) is 0 Å². The van der Waals surface area contributed by atoms with Gasteiger partial charge in [-0.05, 0) is 49.7 Å². The summed E-state index contributed by atoms with van der Waals surface area (Å²) in [5.41, 5.74) is 4.98. The number of nitrogens with zero attached hydrogens (tertiary/aromatic N) is 1. The molecule has 0 aromatic carbocycles. The van der Waals surface area contributed by atoms with E-state index in [0.717, 1.165) is 4.47 Å². The molecule has 0 aliphatic carbocycles. The Labute approximate surface area is 104 Å². The van der Waals surface area contributed by atoms with Gasteiger partial charge in [-0.3, -0.25) is 0 Å². The van der Waals surface area contributed by atoms with E-state index >= 15 is 0 Å². The number of hydrogen-bond donors (Lipinski definition) is 3. The molecule has 1 aromatic rings. The van der Waals surface area contributed by atoms with Gasteiger partial charge in [0.15, 0.2) is 0 Å². The average molecular weight is 288 g/mol. The molecule has 0 unspecified atom stereocenters. The van der Waals surface area contributed by atoms with Crippen molar-refractivity contribution in [2.75, 3.05) is 11.1 Å². The number of hydrogen-bond acceptors (Lipinski definition) is 4. The Hall–Kier alpha value is -0.810. The fourth-order valence-corrected chi connectivity index (χ4v) is 1.36. The fraction of sp³-hybridized carbons (Fsp3) is 0.545. The minimum Gasteiger partial charge on any atom is -0.396 e. The molecule has 0 atom stereocenters. The van der Waals surface area contributed by atoms with Crippen molar-refractivity contribution in [2.45, 2.75) is 38.8 Å². The van der Waals surface area contributed by atoms with E-state index in [1.807, 2.05) is 13.8 Å². The van der Waals surface area contributed by atoms with E-state index in [1.54, 1.807) is 26.1 Å². The summed E-state index contributed by atoms with van der Waals surface area (Å²) in [5, 5.41) is 13.2. The number of pyridine rings is 1. The quantitative estimate of drug-likeness (QED) is 0.798. The van der Waals surface area contributed by atoms with E-state index in [0.29, 0.717) is 11.5 Å². The first kappa shape index (κ1) is 13.3. The van der Waals surface area contributed by atoms with E-state index in [9.17, 15) is 5.11 Å². The molecule has 5 heteroatoms. The lowest BCUT2D eigenvalue weighted by atomic mass is 9.86. The predicted octanol–water partition coefficient (Wildman–Crippen LogP) is 2.39. The molecular formula is C11H18BrN3O. The van der Waals surface area contributed by atoms with Crippen LogP contribution in [0.5, 0.6) is 0 Å². The minimum absolute atomic E-state index is 0.526. The van der Waals surface area contributed by atoms with Crippen molar-refractivity contribution in [1.82, 2.24) is 4.98 Å². The van der Waals surface area contributed by atoms with Crippen LogP contribution >= 0.6 is 15.9 Å². The lowest BCUT2D eigenvalue weighted by Crippen LogP contribution is -2.51. The summed E-state index contributed by atoms with van der Waals surface area (Å²) < 4.78 is 0.830. The van der Waals surface area contributed by atoms with Crippen LogP contribution in [0.1, 0.15) is 27.7 Å². The zero-order valence-electron chi connectivity index (χ0n) is 10.0. The number of rotatable bonds is 3. The Bertz CT molecular complexity index is 385. The Balaban J connectivity index is 2.97. The maximum absolute atomic E-state index is 10.0. The number of aromatic nitrogens is 1. The van der Waals surface area contributed by atoms with Crippen molar-refractivity contribution < 1.29 is 5.11 Å². The summed E-state index contributed by atoms with van der Waals surface area (Å²) in [6, 6.07) is 1.77. The van der Waals surface area contributed by atoms with Gasteiger partial charge in [0.25, 0.3) is 0 Å². The number of anilines is 2. The molecule has 4 nitrogen and oxygen atoms in total. The Kier molecular flexibility index (Phi) is 3.50. The molecule has 0 radical (unpaired) electrons. The van der Waals surface area contributed by atoms with Gasteiger partial charge in [-0.2, -0.15) is 0 Å². The van der Waals surface area contributed by atoms with Crippen LogP contribution in [-0.4, -0.2) is 21.2 Å². The highest BCUT2D eigenvalue weighted by Crippen LogP contribution is 2.28. The number of aliphatic hydroxyl groups is 1. The maximum Gasteiger partial charge on any atom is 0.149 e. The molecule has 1 aromatic heterocycles. The third-order valence-corrected chi connectivity index (χ3v) is 3.28. The normalized spacial score (nSPS) is 12.6. The molecule has 0 bridgehead atoms. The Morgan fingerprint density at radius 3 is 2.38 bits per heavy atom. The second-order valence-corrected chi connectivity index (χ2v) is 5.82. The zero-order valence-corrected chi connectivity index (χ0v) is 11.6. The SMILES string of the molecule is CC(C)(O)C(C)(C)Nc1ncc(Br)cc1N. The summed E-state index contributed by atoms with van der Waals surface area (Å²) in [4.78, 5) is 4.18. The summed E-state index contributed by atoms with van der Waals surface area (Å²) in [6.07, 6.45) is 1.67. The molecule has 90 valence electrons. The average Bonchev–Trinajstić information content (AvgIpc) is 2.08. The van der Waals surface area contributed by atoms with Gasteiger partial charge in [0.05, 0.1) is 16.8 Å². The van der Waals surface area contributed by atoms with E-state index < -0.39 is 11.1 Å². The summed E-state index contributed by atoms with van der Waals surface area (Å²) in [7, 11) is 0. The predicted molar refractivity (Wildman–Crippen MR) is 70.3 cm³/mol. The summed E-state index contributed by atoms with van der Waals surface area (Å²) in [6.45, 7) is 7.29. The van der Waals surface area contributed by atoms with Gasteiger partial charge in [-0.25, -0.2) is 4.98 Å². The highest BCUT2D eigenvalue weighted by Gasteiger charge is 2.35. The molecule has 1 rings (SSSR count). The van der Waals surface area contributed by atoms with Crippen molar-refractivity contribution in [2.24, 2.45) is 0 Å². The molecule has 0 aliphatic heterocycles. The van der Waals surface area contributed by atoms with Gasteiger partial charge in [0.2, 0.25) is 0 Å². The Morgan fingerprint density at radius 1 is 1.38 bits per heavy atom.